The van der Waals surface area contributed by atoms with Gasteiger partial charge in [0.25, 0.3) is 5.91 Å². The molecule has 1 aliphatic heterocycles. The van der Waals surface area contributed by atoms with E-state index in [4.69, 9.17) is 5.73 Å². The number of hydrogen-bond acceptors (Lipinski definition) is 2. The third-order valence-corrected chi connectivity index (χ3v) is 2.26. The zero-order chi connectivity index (χ0) is 10.8. The van der Waals surface area contributed by atoms with Crippen LogP contribution in [0, 0.1) is 0 Å². The van der Waals surface area contributed by atoms with Crippen molar-refractivity contribution in [2.75, 3.05) is 0 Å². The quantitative estimate of drug-likeness (QED) is 0.682. The van der Waals surface area contributed by atoms with E-state index in [-0.39, 0.29) is 5.91 Å². The summed E-state index contributed by atoms with van der Waals surface area (Å²) in [5, 5.41) is 2.72. The fraction of sp³-hybridized carbons (Fsp3) is 0.0909. The van der Waals surface area contributed by atoms with Gasteiger partial charge in [-0.3, -0.25) is 9.59 Å². The molecule has 0 aromatic heterocycles. The minimum atomic E-state index is -0.500. The summed E-state index contributed by atoms with van der Waals surface area (Å²) in [5.41, 5.74) is 7.42. The highest BCUT2D eigenvalue weighted by atomic mass is 16.2. The zero-order valence-electron chi connectivity index (χ0n) is 7.99. The van der Waals surface area contributed by atoms with E-state index in [0.717, 1.165) is 11.1 Å². The van der Waals surface area contributed by atoms with Gasteiger partial charge in [0.05, 0.1) is 0 Å². The van der Waals surface area contributed by atoms with Gasteiger partial charge in [-0.2, -0.15) is 0 Å². The highest BCUT2D eigenvalue weighted by Crippen LogP contribution is 2.17. The van der Waals surface area contributed by atoms with Crippen molar-refractivity contribution in [1.82, 2.24) is 5.32 Å². The van der Waals surface area contributed by atoms with Crippen molar-refractivity contribution in [3.8, 4) is 0 Å². The second-order valence-corrected chi connectivity index (χ2v) is 3.33. The van der Waals surface area contributed by atoms with Crippen LogP contribution in [0.15, 0.2) is 24.3 Å². The molecule has 1 aliphatic rings. The average molecular weight is 202 g/mol. The first-order chi connectivity index (χ1) is 7.16. The van der Waals surface area contributed by atoms with Crippen molar-refractivity contribution in [2.45, 2.75) is 6.54 Å². The number of carbonyl (C=O) groups excluding carboxylic acids is 2. The molecule has 0 saturated carbocycles. The molecule has 0 aliphatic carbocycles. The van der Waals surface area contributed by atoms with E-state index in [1.807, 2.05) is 12.1 Å². The van der Waals surface area contributed by atoms with Crippen molar-refractivity contribution >= 4 is 17.9 Å². The van der Waals surface area contributed by atoms with E-state index in [1.54, 1.807) is 12.1 Å². The van der Waals surface area contributed by atoms with E-state index >= 15 is 0 Å². The van der Waals surface area contributed by atoms with Crippen LogP contribution in [0.4, 0.5) is 0 Å². The van der Waals surface area contributed by atoms with Gasteiger partial charge in [-0.25, -0.2) is 0 Å². The van der Waals surface area contributed by atoms with Gasteiger partial charge in [-0.1, -0.05) is 12.1 Å². The molecule has 0 saturated heterocycles. The molecule has 76 valence electrons. The van der Waals surface area contributed by atoms with E-state index in [2.05, 4.69) is 5.32 Å². The fourth-order valence-corrected chi connectivity index (χ4v) is 1.51. The first kappa shape index (κ1) is 9.45. The van der Waals surface area contributed by atoms with Gasteiger partial charge in [-0.05, 0) is 23.3 Å². The maximum absolute atomic E-state index is 11.3. The second-order valence-electron chi connectivity index (χ2n) is 3.33. The number of rotatable bonds is 2. The Labute approximate surface area is 86.8 Å². The first-order valence-corrected chi connectivity index (χ1v) is 4.55. The monoisotopic (exact) mass is 202 g/mol. The van der Waals surface area contributed by atoms with Crippen LogP contribution in [0.5, 0.6) is 0 Å². The molecule has 0 unspecified atom stereocenters. The van der Waals surface area contributed by atoms with E-state index in [9.17, 15) is 9.59 Å². The molecule has 3 N–H and O–H groups in total. The number of nitrogens with one attached hydrogen (secondary N) is 1. The Morgan fingerprint density at radius 1 is 1.47 bits per heavy atom. The third kappa shape index (κ3) is 1.88. The Kier molecular flexibility index (Phi) is 2.25. The van der Waals surface area contributed by atoms with Crippen LogP contribution in [0.2, 0.25) is 0 Å². The summed E-state index contributed by atoms with van der Waals surface area (Å²) < 4.78 is 0. The van der Waals surface area contributed by atoms with Gasteiger partial charge in [0.2, 0.25) is 5.91 Å². The molecule has 2 rings (SSSR count). The highest BCUT2D eigenvalue weighted by Gasteiger charge is 2.17. The van der Waals surface area contributed by atoms with Gasteiger partial charge < -0.3 is 11.1 Å². The molecule has 0 spiro atoms. The lowest BCUT2D eigenvalue weighted by atomic mass is 10.1. The van der Waals surface area contributed by atoms with Gasteiger partial charge in [0.15, 0.2) is 0 Å². The van der Waals surface area contributed by atoms with Crippen LogP contribution in [0.1, 0.15) is 21.5 Å². The summed E-state index contributed by atoms with van der Waals surface area (Å²) in [6.45, 7) is 0.577. The number of benzene rings is 1. The number of nitrogens with two attached hydrogens (primary N) is 1. The van der Waals surface area contributed by atoms with Crippen LogP contribution in [0.25, 0.3) is 6.08 Å². The molecule has 4 heteroatoms. The number of hydrogen-bond donors (Lipinski definition) is 2. The lowest BCUT2D eigenvalue weighted by Crippen LogP contribution is -2.12. The number of fused-ring (bicyclic) bond motifs is 1. The maximum atomic E-state index is 11.3. The average Bonchev–Trinajstić information content (AvgIpc) is 2.57. The molecule has 0 bridgehead atoms. The molecule has 1 heterocycles. The highest BCUT2D eigenvalue weighted by molar-refractivity contribution is 5.99. The van der Waals surface area contributed by atoms with Crippen LogP contribution >= 0.6 is 0 Å². The van der Waals surface area contributed by atoms with Crippen molar-refractivity contribution in [3.05, 3.63) is 41.0 Å². The molecular formula is C11H10N2O2. The molecular weight excluding hydrogens is 192 g/mol. The molecule has 0 atom stereocenters. The molecule has 2 amide bonds. The van der Waals surface area contributed by atoms with Crippen LogP contribution in [0.3, 0.4) is 0 Å². The Hall–Kier alpha value is -2.10. The Bertz CT molecular complexity index is 464. The Balaban J connectivity index is 2.33. The topological polar surface area (TPSA) is 72.2 Å². The molecule has 4 nitrogen and oxygen atoms in total. The summed E-state index contributed by atoms with van der Waals surface area (Å²) in [6, 6.07) is 5.46. The standard InChI is InChI=1S/C11H10N2O2/c12-10(14)4-2-7-1-3-8-6-13-11(15)9(8)5-7/h1-5H,6H2,(H2,12,14)(H,13,15). The number of carbonyl (C=O) groups is 2. The van der Waals surface area contributed by atoms with Gasteiger partial charge in [0.1, 0.15) is 0 Å². The minimum Gasteiger partial charge on any atom is -0.366 e. The smallest absolute Gasteiger partial charge is 0.251 e. The molecule has 1 aromatic carbocycles. The van der Waals surface area contributed by atoms with Crippen LogP contribution in [-0.4, -0.2) is 11.8 Å². The van der Waals surface area contributed by atoms with Crippen molar-refractivity contribution in [1.29, 1.82) is 0 Å². The van der Waals surface area contributed by atoms with Gasteiger partial charge >= 0.3 is 0 Å². The van der Waals surface area contributed by atoms with Crippen molar-refractivity contribution in [3.63, 3.8) is 0 Å². The van der Waals surface area contributed by atoms with Crippen molar-refractivity contribution in [2.24, 2.45) is 5.73 Å². The largest absolute Gasteiger partial charge is 0.366 e. The summed E-state index contributed by atoms with van der Waals surface area (Å²) in [6.07, 6.45) is 2.86. The normalized spacial score (nSPS) is 14.0. The first-order valence-electron chi connectivity index (χ1n) is 4.55. The fourth-order valence-electron chi connectivity index (χ4n) is 1.51. The predicted molar refractivity (Wildman–Crippen MR) is 55.8 cm³/mol. The van der Waals surface area contributed by atoms with Crippen molar-refractivity contribution < 1.29 is 9.59 Å². The maximum Gasteiger partial charge on any atom is 0.251 e. The van der Waals surface area contributed by atoms with E-state index < -0.39 is 5.91 Å². The second kappa shape index (κ2) is 3.57. The van der Waals surface area contributed by atoms with Crippen LogP contribution in [-0.2, 0) is 11.3 Å². The van der Waals surface area contributed by atoms with Crippen LogP contribution < -0.4 is 11.1 Å². The Morgan fingerprint density at radius 2 is 2.27 bits per heavy atom. The summed E-state index contributed by atoms with van der Waals surface area (Å²) in [4.78, 5) is 21.9. The molecule has 1 aromatic rings. The van der Waals surface area contributed by atoms with E-state index in [1.165, 1.54) is 6.08 Å². The SMILES string of the molecule is NC(=O)C=Cc1ccc2c(c1)C(=O)NC2. The number of primary amides is 1. The van der Waals surface area contributed by atoms with Gasteiger partial charge in [0, 0.05) is 18.2 Å². The summed E-state index contributed by atoms with van der Waals surface area (Å²) in [5.74, 6) is -0.570. The van der Waals surface area contributed by atoms with Gasteiger partial charge in [-0.15, -0.1) is 0 Å². The summed E-state index contributed by atoms with van der Waals surface area (Å²) >= 11 is 0. The molecule has 0 radical (unpaired) electrons. The lowest BCUT2D eigenvalue weighted by Gasteiger charge is -1.97. The summed E-state index contributed by atoms with van der Waals surface area (Å²) in [7, 11) is 0. The number of amides is 2. The zero-order valence-corrected chi connectivity index (χ0v) is 7.99. The Morgan fingerprint density at radius 3 is 3.00 bits per heavy atom. The third-order valence-electron chi connectivity index (χ3n) is 2.26. The predicted octanol–water partition coefficient (Wildman–Crippen LogP) is 0.428. The molecule has 0 fully saturated rings. The minimum absolute atomic E-state index is 0.0701. The lowest BCUT2D eigenvalue weighted by molar-refractivity contribution is -0.113. The van der Waals surface area contributed by atoms with E-state index in [0.29, 0.717) is 12.1 Å². The molecule has 15 heavy (non-hydrogen) atoms.